The lowest BCUT2D eigenvalue weighted by atomic mass is 10.3. The number of nitrogens with two attached hydrogens (primary N) is 1. The zero-order chi connectivity index (χ0) is 15.7. The summed E-state index contributed by atoms with van der Waals surface area (Å²) >= 11 is 1.71. The standard InChI is InChI=1S/C12H18N2O4S3/c1-20(15,16)10-3-4-11(13)12(9-10)21(17,18)14-5-2-7-19-8-6-14/h3-4,9H,2,5-8,13H2,1H3. The average Bonchev–Trinajstić information content (AvgIpc) is 2.66. The summed E-state index contributed by atoms with van der Waals surface area (Å²) < 4.78 is 49.9. The maximum atomic E-state index is 12.7. The van der Waals surface area contributed by atoms with Gasteiger partial charge in [-0.3, -0.25) is 0 Å². The summed E-state index contributed by atoms with van der Waals surface area (Å²) in [5.41, 5.74) is 5.83. The van der Waals surface area contributed by atoms with E-state index in [1.54, 1.807) is 11.8 Å². The molecule has 0 aliphatic carbocycles. The fraction of sp³-hybridized carbons (Fsp3) is 0.500. The Balaban J connectivity index is 2.48. The fourth-order valence-corrected chi connectivity index (χ4v) is 5.42. The molecule has 118 valence electrons. The van der Waals surface area contributed by atoms with Gasteiger partial charge in [-0.05, 0) is 30.4 Å². The van der Waals surface area contributed by atoms with Gasteiger partial charge in [-0.2, -0.15) is 16.1 Å². The number of nitrogen functional groups attached to an aromatic ring is 1. The van der Waals surface area contributed by atoms with E-state index in [4.69, 9.17) is 5.73 Å². The third-order valence-electron chi connectivity index (χ3n) is 3.21. The molecule has 1 aliphatic heterocycles. The highest BCUT2D eigenvalue weighted by molar-refractivity contribution is 7.99. The Kier molecular flexibility index (Phi) is 4.86. The maximum Gasteiger partial charge on any atom is 0.245 e. The highest BCUT2D eigenvalue weighted by Gasteiger charge is 2.28. The van der Waals surface area contributed by atoms with Crippen molar-refractivity contribution < 1.29 is 16.8 Å². The quantitative estimate of drug-likeness (QED) is 0.810. The van der Waals surface area contributed by atoms with Gasteiger partial charge in [-0.1, -0.05) is 0 Å². The Hall–Kier alpha value is -0.770. The second-order valence-electron chi connectivity index (χ2n) is 4.84. The number of benzene rings is 1. The lowest BCUT2D eigenvalue weighted by Gasteiger charge is -2.21. The van der Waals surface area contributed by atoms with Gasteiger partial charge < -0.3 is 5.73 Å². The molecule has 1 fully saturated rings. The molecule has 0 spiro atoms. The Morgan fingerprint density at radius 2 is 1.86 bits per heavy atom. The summed E-state index contributed by atoms with van der Waals surface area (Å²) in [5.74, 6) is 1.65. The van der Waals surface area contributed by atoms with Gasteiger partial charge in [-0.25, -0.2) is 16.8 Å². The van der Waals surface area contributed by atoms with Gasteiger partial charge in [0.25, 0.3) is 0 Å². The Morgan fingerprint density at radius 3 is 2.52 bits per heavy atom. The van der Waals surface area contributed by atoms with E-state index in [9.17, 15) is 16.8 Å². The van der Waals surface area contributed by atoms with E-state index in [2.05, 4.69) is 0 Å². The molecule has 0 atom stereocenters. The molecule has 1 aromatic rings. The van der Waals surface area contributed by atoms with Crippen molar-refractivity contribution in [1.82, 2.24) is 4.31 Å². The second kappa shape index (κ2) is 6.15. The normalized spacial score (nSPS) is 18.3. The topological polar surface area (TPSA) is 97.5 Å². The van der Waals surface area contributed by atoms with Gasteiger partial charge in [0.2, 0.25) is 10.0 Å². The van der Waals surface area contributed by atoms with Crippen LogP contribution < -0.4 is 5.73 Å². The molecule has 0 unspecified atom stereocenters. The SMILES string of the molecule is CS(=O)(=O)c1ccc(N)c(S(=O)(=O)N2CCCSCC2)c1. The monoisotopic (exact) mass is 350 g/mol. The zero-order valence-corrected chi connectivity index (χ0v) is 14.1. The minimum absolute atomic E-state index is 0.0422. The highest BCUT2D eigenvalue weighted by Crippen LogP contribution is 2.27. The van der Waals surface area contributed by atoms with Crippen LogP contribution in [0.25, 0.3) is 0 Å². The van der Waals surface area contributed by atoms with Crippen molar-refractivity contribution in [3.05, 3.63) is 18.2 Å². The number of nitrogens with zero attached hydrogens (tertiary/aromatic N) is 1. The molecule has 2 rings (SSSR count). The molecule has 0 radical (unpaired) electrons. The first-order valence-electron chi connectivity index (χ1n) is 6.40. The van der Waals surface area contributed by atoms with Crippen molar-refractivity contribution in [1.29, 1.82) is 0 Å². The number of anilines is 1. The van der Waals surface area contributed by atoms with Crippen molar-refractivity contribution in [3.63, 3.8) is 0 Å². The molecule has 0 bridgehead atoms. The summed E-state index contributed by atoms with van der Waals surface area (Å²) in [6.07, 6.45) is 1.81. The number of sulfone groups is 1. The van der Waals surface area contributed by atoms with Crippen LogP contribution in [0, 0.1) is 0 Å². The molecular weight excluding hydrogens is 332 g/mol. The van der Waals surface area contributed by atoms with Crippen molar-refractivity contribution in [2.75, 3.05) is 36.6 Å². The number of hydrogen-bond donors (Lipinski definition) is 1. The molecule has 0 saturated carbocycles. The van der Waals surface area contributed by atoms with Gasteiger partial charge in [0.15, 0.2) is 9.84 Å². The first kappa shape index (κ1) is 16.6. The van der Waals surface area contributed by atoms with E-state index < -0.39 is 19.9 Å². The fourth-order valence-electron chi connectivity index (χ4n) is 2.07. The van der Waals surface area contributed by atoms with Gasteiger partial charge in [0.1, 0.15) is 4.90 Å². The lowest BCUT2D eigenvalue weighted by molar-refractivity contribution is 0.435. The van der Waals surface area contributed by atoms with Crippen molar-refractivity contribution >= 4 is 37.3 Å². The third kappa shape index (κ3) is 3.71. The van der Waals surface area contributed by atoms with Crippen LogP contribution in [-0.4, -0.2) is 52.0 Å². The van der Waals surface area contributed by atoms with Crippen molar-refractivity contribution in [2.24, 2.45) is 0 Å². The smallest absolute Gasteiger partial charge is 0.245 e. The van der Waals surface area contributed by atoms with Crippen LogP contribution in [0.3, 0.4) is 0 Å². The van der Waals surface area contributed by atoms with Crippen LogP contribution in [0.2, 0.25) is 0 Å². The average molecular weight is 350 g/mol. The van der Waals surface area contributed by atoms with E-state index in [-0.39, 0.29) is 15.5 Å². The molecule has 21 heavy (non-hydrogen) atoms. The minimum Gasteiger partial charge on any atom is -0.398 e. The largest absolute Gasteiger partial charge is 0.398 e. The molecular formula is C12H18N2O4S3. The van der Waals surface area contributed by atoms with E-state index in [1.807, 2.05) is 0 Å². The van der Waals surface area contributed by atoms with E-state index in [1.165, 1.54) is 16.4 Å². The first-order valence-corrected chi connectivity index (χ1v) is 10.9. The van der Waals surface area contributed by atoms with E-state index in [0.29, 0.717) is 13.1 Å². The molecule has 1 aliphatic rings. The number of sulfonamides is 1. The van der Waals surface area contributed by atoms with E-state index >= 15 is 0 Å². The molecule has 1 aromatic carbocycles. The van der Waals surface area contributed by atoms with Crippen LogP contribution in [0.4, 0.5) is 5.69 Å². The zero-order valence-electron chi connectivity index (χ0n) is 11.6. The number of rotatable bonds is 3. The van der Waals surface area contributed by atoms with Crippen LogP contribution in [0.1, 0.15) is 6.42 Å². The summed E-state index contributed by atoms with van der Waals surface area (Å²) in [7, 11) is -7.25. The molecule has 6 nitrogen and oxygen atoms in total. The van der Waals surface area contributed by atoms with Crippen LogP contribution in [0.5, 0.6) is 0 Å². The second-order valence-corrected chi connectivity index (χ2v) is 9.99. The van der Waals surface area contributed by atoms with Crippen LogP contribution in [0.15, 0.2) is 28.0 Å². The molecule has 9 heteroatoms. The summed E-state index contributed by atoms with van der Waals surface area (Å²) in [6.45, 7) is 0.841. The van der Waals surface area contributed by atoms with Crippen LogP contribution >= 0.6 is 11.8 Å². The van der Waals surface area contributed by atoms with Gasteiger partial charge in [0.05, 0.1) is 10.6 Å². The minimum atomic E-state index is -3.77. The lowest BCUT2D eigenvalue weighted by Crippen LogP contribution is -2.33. The van der Waals surface area contributed by atoms with E-state index in [0.717, 1.165) is 30.2 Å². The summed E-state index contributed by atoms with van der Waals surface area (Å²) in [5, 5.41) is 0. The van der Waals surface area contributed by atoms with Gasteiger partial charge in [0, 0.05) is 25.1 Å². The molecule has 2 N–H and O–H groups in total. The Bertz CT molecular complexity index is 721. The summed E-state index contributed by atoms with van der Waals surface area (Å²) in [6, 6.07) is 3.80. The molecule has 0 aromatic heterocycles. The number of thioether (sulfide) groups is 1. The predicted octanol–water partition coefficient (Wildman–Crippen LogP) is 0.800. The van der Waals surface area contributed by atoms with Gasteiger partial charge in [-0.15, -0.1) is 0 Å². The van der Waals surface area contributed by atoms with Crippen molar-refractivity contribution in [2.45, 2.75) is 16.2 Å². The third-order valence-corrected chi connectivity index (χ3v) is 7.33. The predicted molar refractivity (Wildman–Crippen MR) is 84.7 cm³/mol. The number of hydrogen-bond acceptors (Lipinski definition) is 6. The maximum absolute atomic E-state index is 12.7. The van der Waals surface area contributed by atoms with Crippen molar-refractivity contribution in [3.8, 4) is 0 Å². The molecule has 0 amide bonds. The van der Waals surface area contributed by atoms with Gasteiger partial charge >= 0.3 is 0 Å². The van der Waals surface area contributed by atoms with Crippen LogP contribution in [-0.2, 0) is 19.9 Å². The Labute approximate surface area is 129 Å². The molecule has 1 heterocycles. The molecule has 1 saturated heterocycles. The first-order chi connectivity index (χ1) is 9.73. The summed E-state index contributed by atoms with van der Waals surface area (Å²) in [4.78, 5) is -0.170. The Morgan fingerprint density at radius 1 is 1.14 bits per heavy atom. The highest BCUT2D eigenvalue weighted by atomic mass is 32.2.